The van der Waals surface area contributed by atoms with E-state index >= 15 is 0 Å². The first kappa shape index (κ1) is 12.9. The highest BCUT2D eigenvalue weighted by atomic mass is 16.5. The normalized spacial score (nSPS) is 23.6. The summed E-state index contributed by atoms with van der Waals surface area (Å²) >= 11 is 0. The molecule has 2 unspecified atom stereocenters. The lowest BCUT2D eigenvalue weighted by molar-refractivity contribution is 0.0924. The lowest BCUT2D eigenvalue weighted by Crippen LogP contribution is -2.35. The molecule has 1 fully saturated rings. The summed E-state index contributed by atoms with van der Waals surface area (Å²) in [5.41, 5.74) is 0. The quantitative estimate of drug-likeness (QED) is 0.701. The second-order valence-electron chi connectivity index (χ2n) is 4.97. The Balaban J connectivity index is 1.95. The fourth-order valence-corrected chi connectivity index (χ4v) is 1.65. The number of hydrogen-bond donors (Lipinski definition) is 1. The molecule has 1 aliphatic heterocycles. The van der Waals surface area contributed by atoms with Crippen LogP contribution in [0.25, 0.3) is 0 Å². The number of rotatable bonds is 7. The van der Waals surface area contributed by atoms with Gasteiger partial charge in [-0.2, -0.15) is 0 Å². The molecule has 0 saturated carbocycles. The zero-order valence-corrected chi connectivity index (χ0v) is 10.3. The topological polar surface area (TPSA) is 30.5 Å². The van der Waals surface area contributed by atoms with Crippen LogP contribution in [0.4, 0.5) is 0 Å². The molecule has 1 N–H and O–H groups in total. The third-order valence-electron chi connectivity index (χ3n) is 2.60. The van der Waals surface area contributed by atoms with Gasteiger partial charge in [0, 0.05) is 25.8 Å². The Bertz CT molecular complexity index is 156. The molecule has 2 atom stereocenters. The van der Waals surface area contributed by atoms with Gasteiger partial charge in [0.05, 0.1) is 13.2 Å². The second kappa shape index (κ2) is 7.20. The minimum absolute atomic E-state index is 0.448. The largest absolute Gasteiger partial charge is 0.381 e. The van der Waals surface area contributed by atoms with Crippen LogP contribution in [0.5, 0.6) is 0 Å². The van der Waals surface area contributed by atoms with Gasteiger partial charge in [-0.3, -0.25) is 0 Å². The van der Waals surface area contributed by atoms with Crippen molar-refractivity contribution in [1.29, 1.82) is 0 Å². The van der Waals surface area contributed by atoms with Crippen molar-refractivity contribution in [2.75, 3.05) is 33.0 Å². The van der Waals surface area contributed by atoms with Crippen molar-refractivity contribution in [2.24, 2.45) is 11.8 Å². The van der Waals surface area contributed by atoms with Crippen LogP contribution >= 0.6 is 0 Å². The highest BCUT2D eigenvalue weighted by molar-refractivity contribution is 4.69. The third-order valence-corrected chi connectivity index (χ3v) is 2.60. The molecule has 0 bridgehead atoms. The molecule has 1 aliphatic rings. The van der Waals surface area contributed by atoms with E-state index in [1.165, 1.54) is 6.42 Å². The van der Waals surface area contributed by atoms with Crippen LogP contribution in [0.1, 0.15) is 27.2 Å². The fourth-order valence-electron chi connectivity index (χ4n) is 1.65. The highest BCUT2D eigenvalue weighted by Crippen LogP contribution is 2.10. The van der Waals surface area contributed by atoms with Crippen molar-refractivity contribution in [2.45, 2.75) is 33.2 Å². The SMILES string of the molecule is CC(C)COCC(C)NCC1CCOC1. The molecule has 0 aromatic rings. The summed E-state index contributed by atoms with van der Waals surface area (Å²) in [6.45, 7) is 11.1. The molecular weight excluding hydrogens is 190 g/mol. The zero-order valence-electron chi connectivity index (χ0n) is 10.3. The Labute approximate surface area is 93.5 Å². The maximum Gasteiger partial charge on any atom is 0.0617 e. The Morgan fingerprint density at radius 1 is 1.33 bits per heavy atom. The van der Waals surface area contributed by atoms with E-state index < -0.39 is 0 Å². The lowest BCUT2D eigenvalue weighted by Gasteiger charge is -2.17. The van der Waals surface area contributed by atoms with Gasteiger partial charge in [-0.1, -0.05) is 13.8 Å². The first-order valence-corrected chi connectivity index (χ1v) is 6.07. The van der Waals surface area contributed by atoms with Crippen LogP contribution in [0.3, 0.4) is 0 Å². The predicted octanol–water partition coefficient (Wildman–Crippen LogP) is 1.67. The molecule has 3 heteroatoms. The molecule has 0 spiro atoms. The molecular formula is C12H25NO2. The molecule has 1 rings (SSSR count). The van der Waals surface area contributed by atoms with Crippen molar-refractivity contribution in [1.82, 2.24) is 5.32 Å². The van der Waals surface area contributed by atoms with Crippen molar-refractivity contribution in [3.8, 4) is 0 Å². The first-order valence-electron chi connectivity index (χ1n) is 6.07. The molecule has 1 saturated heterocycles. The Morgan fingerprint density at radius 2 is 2.13 bits per heavy atom. The van der Waals surface area contributed by atoms with Gasteiger partial charge in [0.2, 0.25) is 0 Å². The average molecular weight is 215 g/mol. The number of hydrogen-bond acceptors (Lipinski definition) is 3. The Morgan fingerprint density at radius 3 is 2.73 bits per heavy atom. The van der Waals surface area contributed by atoms with Crippen LogP contribution in [-0.4, -0.2) is 39.0 Å². The first-order chi connectivity index (χ1) is 7.18. The molecule has 0 aromatic heterocycles. The van der Waals surface area contributed by atoms with Crippen molar-refractivity contribution >= 4 is 0 Å². The van der Waals surface area contributed by atoms with Crippen molar-refractivity contribution in [3.63, 3.8) is 0 Å². The van der Waals surface area contributed by atoms with Gasteiger partial charge < -0.3 is 14.8 Å². The zero-order chi connectivity index (χ0) is 11.1. The van der Waals surface area contributed by atoms with Gasteiger partial charge in [0.25, 0.3) is 0 Å². The van der Waals surface area contributed by atoms with E-state index in [4.69, 9.17) is 9.47 Å². The van der Waals surface area contributed by atoms with Crippen LogP contribution in [0.15, 0.2) is 0 Å². The summed E-state index contributed by atoms with van der Waals surface area (Å²) in [7, 11) is 0. The van der Waals surface area contributed by atoms with E-state index in [-0.39, 0.29) is 0 Å². The van der Waals surface area contributed by atoms with Gasteiger partial charge in [-0.25, -0.2) is 0 Å². The molecule has 3 nitrogen and oxygen atoms in total. The molecule has 0 amide bonds. The molecule has 1 heterocycles. The third kappa shape index (κ3) is 6.13. The standard InChI is InChI=1S/C12H25NO2/c1-10(2)7-15-8-11(3)13-6-12-4-5-14-9-12/h10-13H,4-9H2,1-3H3. The number of nitrogens with one attached hydrogen (secondary N) is 1. The minimum Gasteiger partial charge on any atom is -0.381 e. The fraction of sp³-hybridized carbons (Fsp3) is 1.00. The van der Waals surface area contributed by atoms with E-state index in [0.717, 1.165) is 33.0 Å². The van der Waals surface area contributed by atoms with Crippen molar-refractivity contribution < 1.29 is 9.47 Å². The molecule has 15 heavy (non-hydrogen) atoms. The van der Waals surface area contributed by atoms with Crippen molar-refractivity contribution in [3.05, 3.63) is 0 Å². The van der Waals surface area contributed by atoms with Gasteiger partial charge in [0.1, 0.15) is 0 Å². The Hall–Kier alpha value is -0.120. The minimum atomic E-state index is 0.448. The van der Waals surface area contributed by atoms with E-state index in [2.05, 4.69) is 26.1 Å². The molecule has 90 valence electrons. The van der Waals surface area contributed by atoms with Gasteiger partial charge in [-0.15, -0.1) is 0 Å². The summed E-state index contributed by atoms with van der Waals surface area (Å²) in [5.74, 6) is 1.33. The lowest BCUT2D eigenvalue weighted by atomic mass is 10.1. The molecule has 0 aliphatic carbocycles. The summed E-state index contributed by atoms with van der Waals surface area (Å²) in [6.07, 6.45) is 1.20. The summed E-state index contributed by atoms with van der Waals surface area (Å²) < 4.78 is 10.9. The van der Waals surface area contributed by atoms with Gasteiger partial charge >= 0.3 is 0 Å². The molecule has 0 aromatic carbocycles. The van der Waals surface area contributed by atoms with Crippen LogP contribution in [0, 0.1) is 11.8 Å². The molecule has 0 radical (unpaired) electrons. The smallest absolute Gasteiger partial charge is 0.0617 e. The maximum atomic E-state index is 5.58. The predicted molar refractivity (Wildman–Crippen MR) is 62.0 cm³/mol. The van der Waals surface area contributed by atoms with Crippen LogP contribution < -0.4 is 5.32 Å². The average Bonchev–Trinajstić information content (AvgIpc) is 2.66. The maximum absolute atomic E-state index is 5.58. The highest BCUT2D eigenvalue weighted by Gasteiger charge is 2.15. The van der Waals surface area contributed by atoms with E-state index in [9.17, 15) is 0 Å². The second-order valence-corrected chi connectivity index (χ2v) is 4.97. The summed E-state index contributed by atoms with van der Waals surface area (Å²) in [6, 6.07) is 0.448. The van der Waals surface area contributed by atoms with Crippen LogP contribution in [0.2, 0.25) is 0 Å². The van der Waals surface area contributed by atoms with E-state index in [1.807, 2.05) is 0 Å². The Kier molecular flexibility index (Phi) is 6.22. The van der Waals surface area contributed by atoms with E-state index in [0.29, 0.717) is 17.9 Å². The number of ether oxygens (including phenoxy) is 2. The van der Waals surface area contributed by atoms with Crippen LogP contribution in [-0.2, 0) is 9.47 Å². The monoisotopic (exact) mass is 215 g/mol. The summed E-state index contributed by atoms with van der Waals surface area (Å²) in [4.78, 5) is 0. The summed E-state index contributed by atoms with van der Waals surface area (Å²) in [5, 5.41) is 3.49. The van der Waals surface area contributed by atoms with Gasteiger partial charge in [0.15, 0.2) is 0 Å². The van der Waals surface area contributed by atoms with E-state index in [1.54, 1.807) is 0 Å². The van der Waals surface area contributed by atoms with Gasteiger partial charge in [-0.05, 0) is 25.2 Å².